The van der Waals surface area contributed by atoms with Crippen LogP contribution < -0.4 is 15.0 Å². The molecule has 0 radical (unpaired) electrons. The molecule has 2 aromatic carbocycles. The smallest absolute Gasteiger partial charge is 0.188 e. The van der Waals surface area contributed by atoms with Gasteiger partial charge in [0.15, 0.2) is 10.8 Å². The van der Waals surface area contributed by atoms with E-state index in [1.54, 1.807) is 0 Å². The number of aryl methyl sites for hydroxylation is 2. The van der Waals surface area contributed by atoms with Gasteiger partial charge in [0.2, 0.25) is 0 Å². The second-order valence-electron chi connectivity index (χ2n) is 6.98. The van der Waals surface area contributed by atoms with Gasteiger partial charge in [0.1, 0.15) is 5.75 Å². The maximum atomic E-state index is 6.45. The molecule has 0 unspecified atom stereocenters. The topological polar surface area (TPSA) is 24.5 Å². The van der Waals surface area contributed by atoms with Gasteiger partial charge in [-0.25, -0.2) is 0 Å². The van der Waals surface area contributed by atoms with Crippen molar-refractivity contribution in [3.05, 3.63) is 58.1 Å². The maximum absolute atomic E-state index is 6.45. The summed E-state index contributed by atoms with van der Waals surface area (Å²) in [4.78, 5) is 2.04. The molecule has 2 aromatic rings. The second-order valence-corrected chi connectivity index (χ2v) is 7.77. The van der Waals surface area contributed by atoms with Crippen molar-refractivity contribution in [3.8, 4) is 5.75 Å². The van der Waals surface area contributed by atoms with E-state index < -0.39 is 5.72 Å². The first-order valence-corrected chi connectivity index (χ1v) is 9.38. The number of ether oxygens (including phenoxy) is 1. The highest BCUT2D eigenvalue weighted by Crippen LogP contribution is 2.46. The molecule has 0 spiro atoms. The number of halogens is 1. The minimum absolute atomic E-state index is 0.171. The van der Waals surface area contributed by atoms with Gasteiger partial charge in [0, 0.05) is 22.7 Å². The van der Waals surface area contributed by atoms with Crippen LogP contribution >= 0.6 is 23.8 Å². The summed E-state index contributed by atoms with van der Waals surface area (Å²) in [6.07, 6.45) is 1.83. The molecule has 0 saturated carbocycles. The fraction of sp³-hybridized carbons (Fsp3) is 0.350. The predicted octanol–water partition coefficient (Wildman–Crippen LogP) is 5.15. The fourth-order valence-corrected chi connectivity index (χ4v) is 4.37. The van der Waals surface area contributed by atoms with Crippen LogP contribution in [0.15, 0.2) is 36.4 Å². The Morgan fingerprint density at radius 1 is 1.32 bits per heavy atom. The van der Waals surface area contributed by atoms with Gasteiger partial charge in [-0.3, -0.25) is 4.90 Å². The zero-order chi connectivity index (χ0) is 17.8. The molecule has 0 aliphatic carbocycles. The third-order valence-corrected chi connectivity index (χ3v) is 5.87. The van der Waals surface area contributed by atoms with Crippen molar-refractivity contribution in [1.29, 1.82) is 0 Å². The molecule has 1 N–H and O–H groups in total. The van der Waals surface area contributed by atoms with Crippen LogP contribution in [0.1, 0.15) is 43.0 Å². The van der Waals surface area contributed by atoms with E-state index in [1.165, 1.54) is 11.1 Å². The zero-order valence-corrected chi connectivity index (χ0v) is 16.2. The lowest BCUT2D eigenvalue weighted by Gasteiger charge is -2.52. The Morgan fingerprint density at radius 3 is 2.84 bits per heavy atom. The van der Waals surface area contributed by atoms with E-state index in [2.05, 4.69) is 37.4 Å². The Bertz CT molecular complexity index is 869. The largest absolute Gasteiger partial charge is 0.467 e. The monoisotopic (exact) mass is 372 g/mol. The summed E-state index contributed by atoms with van der Waals surface area (Å²) < 4.78 is 6.45. The molecule has 130 valence electrons. The van der Waals surface area contributed by atoms with Crippen LogP contribution in [0.25, 0.3) is 0 Å². The van der Waals surface area contributed by atoms with Crippen molar-refractivity contribution in [2.45, 2.75) is 45.4 Å². The predicted molar refractivity (Wildman–Crippen MR) is 107 cm³/mol. The Kier molecular flexibility index (Phi) is 3.93. The third kappa shape index (κ3) is 2.68. The van der Waals surface area contributed by atoms with Crippen LogP contribution in [0.2, 0.25) is 5.02 Å². The van der Waals surface area contributed by atoms with E-state index in [4.69, 9.17) is 28.6 Å². The fourth-order valence-electron chi connectivity index (χ4n) is 3.76. The Labute approximate surface area is 158 Å². The third-order valence-electron chi connectivity index (χ3n) is 5.16. The summed E-state index contributed by atoms with van der Waals surface area (Å²) >= 11 is 12.0. The van der Waals surface area contributed by atoms with Crippen LogP contribution in [0.4, 0.5) is 5.69 Å². The summed E-state index contributed by atoms with van der Waals surface area (Å²) in [7, 11) is 0. The molecule has 2 bridgehead atoms. The van der Waals surface area contributed by atoms with Gasteiger partial charge in [-0.15, -0.1) is 0 Å². The van der Waals surface area contributed by atoms with Gasteiger partial charge in [-0.2, -0.15) is 0 Å². The molecule has 2 atom stereocenters. The number of thiocarbonyl (C=S) groups is 1. The lowest BCUT2D eigenvalue weighted by atomic mass is 9.89. The second kappa shape index (κ2) is 5.89. The highest BCUT2D eigenvalue weighted by Gasteiger charge is 2.48. The first kappa shape index (κ1) is 16.7. The van der Waals surface area contributed by atoms with E-state index in [-0.39, 0.29) is 6.04 Å². The molecule has 0 amide bonds. The number of hydrogen-bond donors (Lipinski definition) is 1. The van der Waals surface area contributed by atoms with Crippen molar-refractivity contribution >= 4 is 34.6 Å². The summed E-state index contributed by atoms with van der Waals surface area (Å²) in [5.41, 5.74) is 3.97. The number of rotatable bonds is 2. The van der Waals surface area contributed by atoms with Gasteiger partial charge >= 0.3 is 0 Å². The Morgan fingerprint density at radius 2 is 2.12 bits per heavy atom. The molecule has 1 saturated heterocycles. The van der Waals surface area contributed by atoms with E-state index in [0.29, 0.717) is 5.11 Å². The highest BCUT2D eigenvalue weighted by molar-refractivity contribution is 7.80. The summed E-state index contributed by atoms with van der Waals surface area (Å²) in [5.74, 6) is 0.925. The van der Waals surface area contributed by atoms with Gasteiger partial charge in [0.05, 0.1) is 6.04 Å². The van der Waals surface area contributed by atoms with Crippen LogP contribution in [0.5, 0.6) is 5.75 Å². The molecule has 3 nitrogen and oxygen atoms in total. The summed E-state index contributed by atoms with van der Waals surface area (Å²) in [6, 6.07) is 12.6. The van der Waals surface area contributed by atoms with Gasteiger partial charge < -0.3 is 10.1 Å². The minimum atomic E-state index is -0.535. The van der Waals surface area contributed by atoms with Crippen LogP contribution in [0.3, 0.4) is 0 Å². The first-order chi connectivity index (χ1) is 11.9. The van der Waals surface area contributed by atoms with Crippen LogP contribution in [-0.4, -0.2) is 10.8 Å². The van der Waals surface area contributed by atoms with E-state index >= 15 is 0 Å². The number of hydrogen-bond acceptors (Lipinski definition) is 2. The van der Waals surface area contributed by atoms with Gasteiger partial charge in [-0.1, -0.05) is 36.7 Å². The molecular weight excluding hydrogens is 352 g/mol. The molecule has 0 aromatic heterocycles. The van der Waals surface area contributed by atoms with E-state index in [1.807, 2.05) is 30.0 Å². The average Bonchev–Trinajstić information content (AvgIpc) is 2.57. The molecule has 2 aliphatic heterocycles. The zero-order valence-electron chi connectivity index (χ0n) is 14.6. The van der Waals surface area contributed by atoms with E-state index in [9.17, 15) is 0 Å². The number of benzene rings is 2. The quantitative estimate of drug-likeness (QED) is 0.737. The standard InChI is InChI=1S/C20H21ClN2OS/c1-4-13-6-8-18-15(9-13)17-11-20(3,24-18)23(19(25)22-17)14-7-5-12(2)16(21)10-14/h5-10,17H,4,11H2,1-3H3,(H,22,25)/t17-,20-/m1/s1. The molecule has 2 aliphatic rings. The molecule has 2 heterocycles. The number of anilines is 1. The van der Waals surface area contributed by atoms with E-state index in [0.717, 1.165) is 34.9 Å². The van der Waals surface area contributed by atoms with Crippen molar-refractivity contribution in [1.82, 2.24) is 5.32 Å². The first-order valence-electron chi connectivity index (χ1n) is 8.60. The Hall–Kier alpha value is -1.78. The van der Waals surface area contributed by atoms with Crippen molar-refractivity contribution in [2.24, 2.45) is 0 Å². The maximum Gasteiger partial charge on any atom is 0.188 e. The number of nitrogens with zero attached hydrogens (tertiary/aromatic N) is 1. The van der Waals surface area contributed by atoms with Crippen molar-refractivity contribution < 1.29 is 4.74 Å². The summed E-state index contributed by atoms with van der Waals surface area (Å²) in [6.45, 7) is 6.25. The SMILES string of the molecule is CCc1ccc2c(c1)[C@H]1C[C@@](C)(O2)N(c2ccc(C)c(Cl)c2)C(=S)N1. The van der Waals surface area contributed by atoms with Crippen molar-refractivity contribution in [3.63, 3.8) is 0 Å². The lowest BCUT2D eigenvalue weighted by Crippen LogP contribution is -2.65. The lowest BCUT2D eigenvalue weighted by molar-refractivity contribution is 0.0497. The van der Waals surface area contributed by atoms with Gasteiger partial charge in [0.25, 0.3) is 0 Å². The molecule has 5 heteroatoms. The Balaban J connectivity index is 1.78. The van der Waals surface area contributed by atoms with Gasteiger partial charge in [-0.05, 0) is 61.8 Å². The van der Waals surface area contributed by atoms with Crippen LogP contribution in [-0.2, 0) is 6.42 Å². The normalized spacial score (nSPS) is 24.4. The molecular formula is C20H21ClN2OS. The highest BCUT2D eigenvalue weighted by atomic mass is 35.5. The molecule has 4 rings (SSSR count). The minimum Gasteiger partial charge on any atom is -0.467 e. The molecule has 25 heavy (non-hydrogen) atoms. The average molecular weight is 373 g/mol. The molecule has 1 fully saturated rings. The van der Waals surface area contributed by atoms with Crippen molar-refractivity contribution in [2.75, 3.05) is 4.90 Å². The number of nitrogens with one attached hydrogen (secondary N) is 1. The summed E-state index contributed by atoms with van der Waals surface area (Å²) in [5, 5.41) is 4.90. The number of fused-ring (bicyclic) bond motifs is 4. The van der Waals surface area contributed by atoms with Crippen LogP contribution in [0, 0.1) is 6.92 Å².